The summed E-state index contributed by atoms with van der Waals surface area (Å²) in [6, 6.07) is 8.59. The van der Waals surface area contributed by atoms with Crippen molar-refractivity contribution in [3.63, 3.8) is 0 Å². The summed E-state index contributed by atoms with van der Waals surface area (Å²) >= 11 is 0. The maximum atomic E-state index is 12.6. The number of benzene rings is 1. The molecule has 2 fully saturated rings. The number of carbonyl (C=O) groups excluding carboxylic acids is 1. The topological polar surface area (TPSA) is 52.6 Å². The first-order chi connectivity index (χ1) is 11.6. The Hall–Kier alpha value is -1.65. The van der Waals surface area contributed by atoms with Gasteiger partial charge in [-0.3, -0.25) is 4.79 Å². The summed E-state index contributed by atoms with van der Waals surface area (Å²) in [5.41, 5.74) is 2.03. The Morgan fingerprint density at radius 1 is 1.12 bits per heavy atom. The standard InChI is InChI=1S/C20H26N2O2/c23-18(15-20(24)7-11-21-12-8-20)22-13-9-19(10-14-22)6-5-16-3-1-2-4-17(16)19/h1-6,21,24H,7-15H2. The second kappa shape index (κ2) is 6.01. The van der Waals surface area contributed by atoms with E-state index in [4.69, 9.17) is 0 Å². The van der Waals surface area contributed by atoms with Crippen LogP contribution in [0.2, 0.25) is 0 Å². The fourth-order valence-electron chi connectivity index (χ4n) is 4.49. The summed E-state index contributed by atoms with van der Waals surface area (Å²) in [6.45, 7) is 3.17. The molecule has 1 spiro atoms. The molecule has 2 heterocycles. The number of hydrogen-bond donors (Lipinski definition) is 2. The third-order valence-electron chi connectivity index (χ3n) is 6.10. The molecule has 4 rings (SSSR count). The number of carbonyl (C=O) groups is 1. The molecule has 1 aromatic rings. The highest BCUT2D eigenvalue weighted by Gasteiger charge is 2.40. The molecule has 0 atom stereocenters. The van der Waals surface area contributed by atoms with Gasteiger partial charge in [0.1, 0.15) is 0 Å². The van der Waals surface area contributed by atoms with Gasteiger partial charge in [0.2, 0.25) is 5.91 Å². The molecule has 24 heavy (non-hydrogen) atoms. The lowest BCUT2D eigenvalue weighted by atomic mass is 9.74. The van der Waals surface area contributed by atoms with Gasteiger partial charge in [-0.2, -0.15) is 0 Å². The van der Waals surface area contributed by atoms with Crippen LogP contribution < -0.4 is 5.32 Å². The molecule has 128 valence electrons. The molecular formula is C20H26N2O2. The monoisotopic (exact) mass is 326 g/mol. The highest BCUT2D eigenvalue weighted by Crippen LogP contribution is 2.43. The molecular weight excluding hydrogens is 300 g/mol. The fourth-order valence-corrected chi connectivity index (χ4v) is 4.49. The lowest BCUT2D eigenvalue weighted by Crippen LogP contribution is -2.49. The van der Waals surface area contributed by atoms with E-state index < -0.39 is 5.60 Å². The Balaban J connectivity index is 1.40. The maximum Gasteiger partial charge on any atom is 0.225 e. The number of piperidine rings is 2. The molecule has 0 saturated carbocycles. The van der Waals surface area contributed by atoms with Gasteiger partial charge in [0.05, 0.1) is 12.0 Å². The zero-order valence-corrected chi connectivity index (χ0v) is 14.1. The zero-order chi connectivity index (χ0) is 16.6. The molecule has 0 aromatic heterocycles. The van der Waals surface area contributed by atoms with Crippen LogP contribution in [0.4, 0.5) is 0 Å². The van der Waals surface area contributed by atoms with Gasteiger partial charge < -0.3 is 15.3 Å². The molecule has 1 amide bonds. The van der Waals surface area contributed by atoms with Crippen molar-refractivity contribution < 1.29 is 9.90 Å². The fraction of sp³-hybridized carbons (Fsp3) is 0.550. The van der Waals surface area contributed by atoms with Crippen LogP contribution >= 0.6 is 0 Å². The highest BCUT2D eigenvalue weighted by atomic mass is 16.3. The van der Waals surface area contributed by atoms with Crippen LogP contribution in [-0.4, -0.2) is 47.7 Å². The van der Waals surface area contributed by atoms with Crippen molar-refractivity contribution in [2.45, 2.75) is 43.1 Å². The van der Waals surface area contributed by atoms with Gasteiger partial charge in [-0.1, -0.05) is 36.4 Å². The van der Waals surface area contributed by atoms with Crippen molar-refractivity contribution >= 4 is 12.0 Å². The van der Waals surface area contributed by atoms with Crippen LogP contribution in [0.3, 0.4) is 0 Å². The number of nitrogens with zero attached hydrogens (tertiary/aromatic N) is 1. The van der Waals surface area contributed by atoms with Gasteiger partial charge >= 0.3 is 0 Å². The molecule has 2 aliphatic heterocycles. The largest absolute Gasteiger partial charge is 0.389 e. The molecule has 2 saturated heterocycles. The average molecular weight is 326 g/mol. The minimum Gasteiger partial charge on any atom is -0.389 e. The quantitative estimate of drug-likeness (QED) is 0.875. The van der Waals surface area contributed by atoms with Gasteiger partial charge in [-0.15, -0.1) is 0 Å². The molecule has 0 bridgehead atoms. The Bertz CT molecular complexity index is 653. The number of aliphatic hydroxyl groups is 1. The van der Waals surface area contributed by atoms with Crippen LogP contribution in [0.25, 0.3) is 6.08 Å². The van der Waals surface area contributed by atoms with E-state index in [-0.39, 0.29) is 17.7 Å². The van der Waals surface area contributed by atoms with Crippen molar-refractivity contribution in [3.8, 4) is 0 Å². The summed E-state index contributed by atoms with van der Waals surface area (Å²) < 4.78 is 0. The van der Waals surface area contributed by atoms with E-state index in [1.54, 1.807) is 0 Å². The van der Waals surface area contributed by atoms with Crippen molar-refractivity contribution in [3.05, 3.63) is 41.5 Å². The van der Waals surface area contributed by atoms with E-state index in [9.17, 15) is 9.90 Å². The molecule has 3 aliphatic rings. The first-order valence-electron chi connectivity index (χ1n) is 9.10. The first-order valence-corrected chi connectivity index (χ1v) is 9.10. The van der Waals surface area contributed by atoms with E-state index in [0.717, 1.165) is 39.0 Å². The average Bonchev–Trinajstić information content (AvgIpc) is 2.95. The Morgan fingerprint density at radius 3 is 2.58 bits per heavy atom. The predicted molar refractivity (Wildman–Crippen MR) is 94.6 cm³/mol. The number of hydrogen-bond acceptors (Lipinski definition) is 3. The number of allylic oxidation sites excluding steroid dienone is 1. The van der Waals surface area contributed by atoms with Crippen molar-refractivity contribution in [1.82, 2.24) is 10.2 Å². The van der Waals surface area contributed by atoms with E-state index >= 15 is 0 Å². The van der Waals surface area contributed by atoms with Crippen molar-refractivity contribution in [2.24, 2.45) is 0 Å². The van der Waals surface area contributed by atoms with E-state index in [2.05, 4.69) is 41.7 Å². The summed E-state index contributed by atoms with van der Waals surface area (Å²) in [5.74, 6) is 0.115. The molecule has 4 nitrogen and oxygen atoms in total. The number of likely N-dealkylation sites (tertiary alicyclic amines) is 1. The van der Waals surface area contributed by atoms with Gasteiger partial charge in [0.15, 0.2) is 0 Å². The van der Waals surface area contributed by atoms with Crippen LogP contribution in [0.15, 0.2) is 30.3 Å². The van der Waals surface area contributed by atoms with Gasteiger partial charge in [-0.05, 0) is 49.9 Å². The molecule has 4 heteroatoms. The Labute approximate surface area is 143 Å². The minimum absolute atomic E-state index is 0.110. The molecule has 1 aromatic carbocycles. The number of amides is 1. The van der Waals surface area contributed by atoms with Crippen LogP contribution in [0, 0.1) is 0 Å². The zero-order valence-electron chi connectivity index (χ0n) is 14.1. The molecule has 1 aliphatic carbocycles. The second-order valence-corrected chi connectivity index (χ2v) is 7.61. The maximum absolute atomic E-state index is 12.6. The van der Waals surface area contributed by atoms with Crippen LogP contribution in [-0.2, 0) is 10.2 Å². The smallest absolute Gasteiger partial charge is 0.225 e. The highest BCUT2D eigenvalue weighted by molar-refractivity contribution is 5.77. The normalized spacial score (nSPS) is 24.1. The van der Waals surface area contributed by atoms with Crippen molar-refractivity contribution in [1.29, 1.82) is 0 Å². The predicted octanol–water partition coefficient (Wildman–Crippen LogP) is 2.08. The number of nitrogens with one attached hydrogen (secondary N) is 1. The number of rotatable bonds is 2. The minimum atomic E-state index is -0.808. The second-order valence-electron chi connectivity index (χ2n) is 7.61. The Kier molecular flexibility index (Phi) is 3.97. The molecule has 0 radical (unpaired) electrons. The van der Waals surface area contributed by atoms with Gasteiger partial charge in [0.25, 0.3) is 0 Å². The van der Waals surface area contributed by atoms with Gasteiger partial charge in [-0.25, -0.2) is 0 Å². The number of fused-ring (bicyclic) bond motifs is 2. The van der Waals surface area contributed by atoms with Crippen LogP contribution in [0.1, 0.15) is 43.2 Å². The summed E-state index contributed by atoms with van der Waals surface area (Å²) in [5, 5.41) is 13.9. The first kappa shape index (κ1) is 15.9. The van der Waals surface area contributed by atoms with Crippen molar-refractivity contribution in [2.75, 3.05) is 26.2 Å². The SMILES string of the molecule is O=C(CC1(O)CCNCC1)N1CCC2(C=Cc3ccccc32)CC1. The molecule has 0 unspecified atom stereocenters. The van der Waals surface area contributed by atoms with Gasteiger partial charge in [0, 0.05) is 18.5 Å². The third kappa shape index (κ3) is 2.78. The van der Waals surface area contributed by atoms with E-state index in [0.29, 0.717) is 12.8 Å². The summed E-state index contributed by atoms with van der Waals surface area (Å²) in [6.07, 6.45) is 8.14. The lowest BCUT2D eigenvalue weighted by Gasteiger charge is -2.41. The lowest BCUT2D eigenvalue weighted by molar-refractivity contribution is -0.138. The van der Waals surface area contributed by atoms with E-state index in [1.165, 1.54) is 11.1 Å². The third-order valence-corrected chi connectivity index (χ3v) is 6.10. The van der Waals surface area contributed by atoms with Crippen LogP contribution in [0.5, 0.6) is 0 Å². The Morgan fingerprint density at radius 2 is 1.83 bits per heavy atom. The molecule has 2 N–H and O–H groups in total. The van der Waals surface area contributed by atoms with E-state index in [1.807, 2.05) is 4.90 Å². The summed E-state index contributed by atoms with van der Waals surface area (Å²) in [7, 11) is 0. The summed E-state index contributed by atoms with van der Waals surface area (Å²) in [4.78, 5) is 14.6.